The van der Waals surface area contributed by atoms with E-state index in [9.17, 15) is 0 Å². The van der Waals surface area contributed by atoms with Crippen molar-refractivity contribution >= 4 is 29.9 Å². The number of nitrogens with two attached hydrogens (primary N) is 1. The van der Waals surface area contributed by atoms with E-state index in [0.717, 1.165) is 48.9 Å². The Bertz CT molecular complexity index is 1510. The molecular weight excluding hydrogens is 617 g/mol. The van der Waals surface area contributed by atoms with Crippen LogP contribution < -0.4 is 5.73 Å². The maximum absolute atomic E-state index is 5.98. The van der Waals surface area contributed by atoms with Crippen LogP contribution >= 0.6 is 0 Å². The summed E-state index contributed by atoms with van der Waals surface area (Å²) in [5.41, 5.74) is 17.3. The Morgan fingerprint density at radius 1 is 0.680 bits per heavy atom. The summed E-state index contributed by atoms with van der Waals surface area (Å²) in [6.07, 6.45) is 17.3. The molecule has 2 aliphatic carbocycles. The maximum Gasteiger partial charge on any atom is 0.199 e. The van der Waals surface area contributed by atoms with Crippen LogP contribution in [0.5, 0.6) is 0 Å². The summed E-state index contributed by atoms with van der Waals surface area (Å²) < 4.78 is 12.0. The van der Waals surface area contributed by atoms with Gasteiger partial charge in [0.15, 0.2) is 11.8 Å². The SMILES string of the molecule is C=Nc1c(C)cc(C)cc1C.CC.CC.CC(C)(C1=N[C@H](C2=CC=CCC2)CO1)C1=N[C@H](C2=CC=CCC2)CO1.Cc1cc(C)c(N)c(C)c1. The highest BCUT2D eigenvalue weighted by Gasteiger charge is 2.42. The molecule has 0 saturated carbocycles. The number of allylic oxidation sites excluding steroid dienone is 6. The number of nitrogens with zero attached hydrogens (tertiary/aromatic N) is 3. The molecule has 0 amide bonds. The summed E-state index contributed by atoms with van der Waals surface area (Å²) in [5.74, 6) is 1.51. The van der Waals surface area contributed by atoms with Crippen molar-refractivity contribution in [1.82, 2.24) is 0 Å². The number of hydrogen-bond acceptors (Lipinski definition) is 6. The van der Waals surface area contributed by atoms with Crippen molar-refractivity contribution in [3.8, 4) is 0 Å². The van der Waals surface area contributed by atoms with Gasteiger partial charge in [-0.15, -0.1) is 0 Å². The van der Waals surface area contributed by atoms with E-state index in [-0.39, 0.29) is 12.1 Å². The van der Waals surface area contributed by atoms with Crippen LogP contribution in [0.2, 0.25) is 0 Å². The molecule has 2 atom stereocenters. The predicted molar refractivity (Wildman–Crippen MR) is 219 cm³/mol. The Kier molecular flexibility index (Phi) is 17.2. The molecule has 2 N–H and O–H groups in total. The molecule has 0 bridgehead atoms. The maximum atomic E-state index is 5.98. The number of nitrogen functional groups attached to an aromatic ring is 1. The lowest BCUT2D eigenvalue weighted by Crippen LogP contribution is -2.34. The lowest BCUT2D eigenvalue weighted by molar-refractivity contribution is 0.269. The Morgan fingerprint density at radius 2 is 1.06 bits per heavy atom. The second kappa shape index (κ2) is 20.5. The number of ether oxygens (including phenoxy) is 2. The molecular formula is C44H64N4O2. The normalized spacial score (nSPS) is 18.7. The fourth-order valence-electron chi connectivity index (χ4n) is 6.31. The van der Waals surface area contributed by atoms with E-state index in [0.29, 0.717) is 13.2 Å². The van der Waals surface area contributed by atoms with Crippen molar-refractivity contribution in [2.75, 3.05) is 18.9 Å². The van der Waals surface area contributed by atoms with E-state index in [1.165, 1.54) is 44.5 Å². The summed E-state index contributed by atoms with van der Waals surface area (Å²) in [6.45, 7) is 29.4. The Balaban J connectivity index is 0.000000288. The first-order valence-corrected chi connectivity index (χ1v) is 18.4. The quantitative estimate of drug-likeness (QED) is 0.252. The molecule has 50 heavy (non-hydrogen) atoms. The van der Waals surface area contributed by atoms with Crippen LogP contribution in [0, 0.1) is 47.0 Å². The van der Waals surface area contributed by atoms with Gasteiger partial charge in [0.25, 0.3) is 0 Å². The molecule has 0 fully saturated rings. The predicted octanol–water partition coefficient (Wildman–Crippen LogP) is 11.4. The van der Waals surface area contributed by atoms with Crippen molar-refractivity contribution in [3.05, 3.63) is 105 Å². The van der Waals surface area contributed by atoms with Crippen molar-refractivity contribution in [3.63, 3.8) is 0 Å². The summed E-state index contributed by atoms with van der Waals surface area (Å²) in [7, 11) is 0. The molecule has 272 valence electrons. The third-order valence-electron chi connectivity index (χ3n) is 8.85. The van der Waals surface area contributed by atoms with Gasteiger partial charge in [0.2, 0.25) is 0 Å². The Hall–Kier alpha value is -4.19. The number of anilines is 1. The van der Waals surface area contributed by atoms with Gasteiger partial charge in [-0.3, -0.25) is 4.99 Å². The van der Waals surface area contributed by atoms with Gasteiger partial charge in [-0.1, -0.05) is 99.5 Å². The second-order valence-corrected chi connectivity index (χ2v) is 13.3. The van der Waals surface area contributed by atoms with Gasteiger partial charge in [0.1, 0.15) is 30.7 Å². The molecule has 2 aromatic rings. The van der Waals surface area contributed by atoms with Crippen LogP contribution in [0.4, 0.5) is 11.4 Å². The van der Waals surface area contributed by atoms with E-state index in [1.807, 2.05) is 41.5 Å². The monoisotopic (exact) mass is 681 g/mol. The zero-order valence-corrected chi connectivity index (χ0v) is 33.1. The molecule has 6 heteroatoms. The minimum absolute atomic E-state index is 0.142. The van der Waals surface area contributed by atoms with Crippen LogP contribution in [0.25, 0.3) is 0 Å². The van der Waals surface area contributed by atoms with Gasteiger partial charge in [-0.2, -0.15) is 0 Å². The lowest BCUT2D eigenvalue weighted by Gasteiger charge is -2.22. The lowest BCUT2D eigenvalue weighted by atomic mass is 9.92. The van der Waals surface area contributed by atoms with Crippen LogP contribution in [0.1, 0.15) is 101 Å². The third-order valence-corrected chi connectivity index (χ3v) is 8.85. The summed E-state index contributed by atoms with van der Waals surface area (Å²) in [6, 6.07) is 8.73. The van der Waals surface area contributed by atoms with Crippen molar-refractivity contribution < 1.29 is 9.47 Å². The van der Waals surface area contributed by atoms with Crippen LogP contribution in [-0.2, 0) is 9.47 Å². The minimum Gasteiger partial charge on any atom is -0.478 e. The van der Waals surface area contributed by atoms with E-state index in [2.05, 4.69) is 114 Å². The topological polar surface area (TPSA) is 81.6 Å². The van der Waals surface area contributed by atoms with E-state index < -0.39 is 5.41 Å². The summed E-state index contributed by atoms with van der Waals surface area (Å²) in [4.78, 5) is 13.7. The van der Waals surface area contributed by atoms with Crippen LogP contribution in [-0.4, -0.2) is 43.8 Å². The molecule has 4 aliphatic rings. The van der Waals surface area contributed by atoms with Gasteiger partial charge in [-0.05, 0) is 121 Å². The Morgan fingerprint density at radius 3 is 1.40 bits per heavy atom. The first-order chi connectivity index (χ1) is 23.9. The molecule has 2 aliphatic heterocycles. The Labute approximate surface area is 304 Å². The highest BCUT2D eigenvalue weighted by molar-refractivity contribution is 6.05. The molecule has 2 aromatic carbocycles. The highest BCUT2D eigenvalue weighted by Crippen LogP contribution is 2.33. The number of hydrogen-bond donors (Lipinski definition) is 1. The average molecular weight is 681 g/mol. The van der Waals surface area contributed by atoms with Crippen LogP contribution in [0.15, 0.2) is 86.8 Å². The molecule has 6 nitrogen and oxygen atoms in total. The van der Waals surface area contributed by atoms with Crippen LogP contribution in [0.3, 0.4) is 0 Å². The molecule has 0 aromatic heterocycles. The fraction of sp³-hybridized carbons (Fsp3) is 0.477. The molecule has 0 unspecified atom stereocenters. The largest absolute Gasteiger partial charge is 0.478 e. The standard InChI is InChI=1S/C21H26N2O2.C10H13N.C9H13N.2C2H6/c1-21(2,19-22-17(13-24-19)15-9-5-3-6-10-15)20-23-18(14-25-20)16-11-7-4-8-12-16;1-7-5-8(2)10(11-4)9(3)6-7;1-6-4-7(2)9(10)8(3)5-6;2*1-2/h3-5,7,9,11,17-18H,6,8,10,12-14H2,1-2H3;5-6H,4H2,1-3H3;4-5H,10H2,1-3H3;2*1-2H3/t17-,18-;;;;/m0..../s1. The smallest absolute Gasteiger partial charge is 0.199 e. The van der Waals surface area contributed by atoms with Gasteiger partial charge < -0.3 is 15.2 Å². The van der Waals surface area contributed by atoms with Crippen molar-refractivity contribution in [2.45, 2.75) is 121 Å². The molecule has 2 heterocycles. The summed E-state index contributed by atoms with van der Waals surface area (Å²) in [5, 5.41) is 0. The highest BCUT2D eigenvalue weighted by atomic mass is 16.5. The van der Waals surface area contributed by atoms with E-state index in [1.54, 1.807) is 0 Å². The second-order valence-electron chi connectivity index (χ2n) is 13.3. The molecule has 0 saturated heterocycles. The number of benzene rings is 2. The number of aliphatic imine (C=N–C) groups is 3. The third kappa shape index (κ3) is 11.4. The molecule has 6 rings (SSSR count). The first kappa shape index (κ1) is 42.0. The minimum atomic E-state index is -0.417. The number of aryl methyl sites for hydroxylation is 6. The van der Waals surface area contributed by atoms with Gasteiger partial charge in [0.05, 0.1) is 5.69 Å². The molecule has 0 spiro atoms. The fourth-order valence-corrected chi connectivity index (χ4v) is 6.31. The number of rotatable bonds is 5. The van der Waals surface area contributed by atoms with E-state index >= 15 is 0 Å². The van der Waals surface area contributed by atoms with Gasteiger partial charge in [-0.25, -0.2) is 9.98 Å². The van der Waals surface area contributed by atoms with E-state index in [4.69, 9.17) is 25.2 Å². The van der Waals surface area contributed by atoms with Crippen molar-refractivity contribution in [1.29, 1.82) is 0 Å². The zero-order chi connectivity index (χ0) is 37.4. The van der Waals surface area contributed by atoms with Crippen molar-refractivity contribution in [2.24, 2.45) is 20.4 Å². The van der Waals surface area contributed by atoms with Gasteiger partial charge in [0, 0.05) is 5.69 Å². The first-order valence-electron chi connectivity index (χ1n) is 18.4. The van der Waals surface area contributed by atoms with Gasteiger partial charge >= 0.3 is 0 Å². The average Bonchev–Trinajstić information content (AvgIpc) is 3.83. The molecule has 0 radical (unpaired) electrons. The summed E-state index contributed by atoms with van der Waals surface area (Å²) >= 11 is 0. The zero-order valence-electron chi connectivity index (χ0n) is 33.1.